The van der Waals surface area contributed by atoms with Gasteiger partial charge in [0.05, 0.1) is 0 Å². The Morgan fingerprint density at radius 1 is 1.25 bits per heavy atom. The lowest BCUT2D eigenvalue weighted by atomic mass is 10.0. The minimum Gasteiger partial charge on any atom is -0.364 e. The van der Waals surface area contributed by atoms with Crippen LogP contribution in [0.3, 0.4) is 0 Å². The third-order valence-corrected chi connectivity index (χ3v) is 4.75. The van der Waals surface area contributed by atoms with Crippen LogP contribution in [0.15, 0.2) is 41.1 Å². The van der Waals surface area contributed by atoms with Crippen molar-refractivity contribution in [1.82, 2.24) is 0 Å². The van der Waals surface area contributed by atoms with Crippen LogP contribution in [0.2, 0.25) is 0 Å². The number of nitrogens with zero attached hydrogens (tertiary/aromatic N) is 1. The van der Waals surface area contributed by atoms with Gasteiger partial charge in [0.1, 0.15) is 0 Å². The summed E-state index contributed by atoms with van der Waals surface area (Å²) in [5, 5.41) is 4.40. The van der Waals surface area contributed by atoms with Crippen LogP contribution in [0.25, 0.3) is 0 Å². The zero-order valence-electron chi connectivity index (χ0n) is 12.0. The smallest absolute Gasteiger partial charge is 0.0440 e. The van der Waals surface area contributed by atoms with Gasteiger partial charge in [-0.1, -0.05) is 19.1 Å². The van der Waals surface area contributed by atoms with Gasteiger partial charge >= 0.3 is 0 Å². The molecule has 1 aliphatic rings. The first-order chi connectivity index (χ1) is 9.78. The maximum absolute atomic E-state index is 6.09. The van der Waals surface area contributed by atoms with Crippen LogP contribution >= 0.6 is 11.3 Å². The molecule has 106 valence electrons. The highest BCUT2D eigenvalue weighted by Crippen LogP contribution is 2.33. The summed E-state index contributed by atoms with van der Waals surface area (Å²) < 4.78 is 0. The predicted octanol–water partition coefficient (Wildman–Crippen LogP) is 4.33. The zero-order chi connectivity index (χ0) is 13.9. The monoisotopic (exact) mass is 286 g/mol. The lowest BCUT2D eigenvalue weighted by molar-refractivity contribution is 0.698. The number of anilines is 1. The average Bonchev–Trinajstić information content (AvgIpc) is 3.21. The van der Waals surface area contributed by atoms with E-state index in [4.69, 9.17) is 5.73 Å². The number of hydrogen-bond donors (Lipinski definition) is 1. The van der Waals surface area contributed by atoms with E-state index in [1.807, 2.05) is 0 Å². The molecule has 0 amide bonds. The normalized spacial score (nSPS) is 16.1. The molecule has 1 heterocycles. The molecule has 1 aromatic carbocycles. The van der Waals surface area contributed by atoms with Gasteiger partial charge in [0.25, 0.3) is 0 Å². The molecule has 2 aromatic rings. The quantitative estimate of drug-likeness (QED) is 0.856. The van der Waals surface area contributed by atoms with Gasteiger partial charge in [0.15, 0.2) is 0 Å². The van der Waals surface area contributed by atoms with Crippen molar-refractivity contribution >= 4 is 17.0 Å². The first kappa shape index (κ1) is 13.7. The summed E-state index contributed by atoms with van der Waals surface area (Å²) >= 11 is 1.78. The SMILES string of the molecule is CC[C@H](N)c1ccc(N(Cc2ccsc2)C2CC2)cc1. The Balaban J connectivity index is 1.77. The largest absolute Gasteiger partial charge is 0.364 e. The summed E-state index contributed by atoms with van der Waals surface area (Å²) in [5.41, 5.74) is 10.1. The Kier molecular flexibility index (Phi) is 4.08. The highest BCUT2D eigenvalue weighted by molar-refractivity contribution is 7.07. The molecule has 0 radical (unpaired) electrons. The minimum absolute atomic E-state index is 0.162. The van der Waals surface area contributed by atoms with Gasteiger partial charge in [0, 0.05) is 24.3 Å². The van der Waals surface area contributed by atoms with Crippen LogP contribution in [0.5, 0.6) is 0 Å². The van der Waals surface area contributed by atoms with Crippen LogP contribution in [0, 0.1) is 0 Å². The van der Waals surface area contributed by atoms with Crippen molar-refractivity contribution in [3.63, 3.8) is 0 Å². The van der Waals surface area contributed by atoms with Gasteiger partial charge in [-0.2, -0.15) is 11.3 Å². The van der Waals surface area contributed by atoms with E-state index in [1.165, 1.54) is 29.7 Å². The van der Waals surface area contributed by atoms with Crippen LogP contribution < -0.4 is 10.6 Å². The second kappa shape index (κ2) is 5.98. The van der Waals surface area contributed by atoms with Crippen molar-refractivity contribution < 1.29 is 0 Å². The number of nitrogens with two attached hydrogens (primary N) is 1. The standard InChI is InChI=1S/C17H22N2S/c1-2-17(18)14-3-5-15(6-4-14)19(16-7-8-16)11-13-9-10-20-12-13/h3-6,9-10,12,16-17H,2,7-8,11,18H2,1H3/t17-/m0/s1. The van der Waals surface area contributed by atoms with Crippen molar-refractivity contribution in [3.05, 3.63) is 52.2 Å². The maximum atomic E-state index is 6.09. The Morgan fingerprint density at radius 3 is 2.55 bits per heavy atom. The number of rotatable bonds is 6. The molecular formula is C17H22N2S. The van der Waals surface area contributed by atoms with E-state index >= 15 is 0 Å². The summed E-state index contributed by atoms with van der Waals surface area (Å²) in [5.74, 6) is 0. The highest BCUT2D eigenvalue weighted by atomic mass is 32.1. The molecule has 1 atom stereocenters. The van der Waals surface area contributed by atoms with E-state index in [1.54, 1.807) is 11.3 Å². The first-order valence-corrected chi connectivity index (χ1v) is 8.35. The van der Waals surface area contributed by atoms with Gasteiger partial charge in [-0.15, -0.1) is 0 Å². The number of hydrogen-bond acceptors (Lipinski definition) is 3. The van der Waals surface area contributed by atoms with E-state index in [9.17, 15) is 0 Å². The van der Waals surface area contributed by atoms with E-state index < -0.39 is 0 Å². The van der Waals surface area contributed by atoms with Gasteiger partial charge in [-0.3, -0.25) is 0 Å². The van der Waals surface area contributed by atoms with E-state index in [0.717, 1.165) is 19.0 Å². The maximum Gasteiger partial charge on any atom is 0.0440 e. The summed E-state index contributed by atoms with van der Waals surface area (Å²) in [7, 11) is 0. The molecule has 0 unspecified atom stereocenters. The molecule has 1 aliphatic carbocycles. The molecular weight excluding hydrogens is 264 g/mol. The molecule has 0 saturated heterocycles. The van der Waals surface area contributed by atoms with Crippen LogP contribution in [0.4, 0.5) is 5.69 Å². The molecule has 3 rings (SSSR count). The van der Waals surface area contributed by atoms with Crippen molar-refractivity contribution in [1.29, 1.82) is 0 Å². The topological polar surface area (TPSA) is 29.3 Å². The van der Waals surface area contributed by atoms with Gasteiger partial charge in [-0.05, 0) is 59.3 Å². The third kappa shape index (κ3) is 3.05. The highest BCUT2D eigenvalue weighted by Gasteiger charge is 2.29. The molecule has 0 aliphatic heterocycles. The van der Waals surface area contributed by atoms with E-state index in [0.29, 0.717) is 0 Å². The summed E-state index contributed by atoms with van der Waals surface area (Å²) in [6, 6.07) is 11.9. The number of benzene rings is 1. The Hall–Kier alpha value is -1.32. The van der Waals surface area contributed by atoms with Crippen molar-refractivity contribution in [3.8, 4) is 0 Å². The fraction of sp³-hybridized carbons (Fsp3) is 0.412. The van der Waals surface area contributed by atoms with E-state index in [-0.39, 0.29) is 6.04 Å². The summed E-state index contributed by atoms with van der Waals surface area (Å²) in [6.45, 7) is 3.15. The van der Waals surface area contributed by atoms with Gasteiger partial charge < -0.3 is 10.6 Å². The van der Waals surface area contributed by atoms with Crippen LogP contribution in [-0.2, 0) is 6.54 Å². The lowest BCUT2D eigenvalue weighted by Crippen LogP contribution is -2.24. The molecule has 0 spiro atoms. The molecule has 20 heavy (non-hydrogen) atoms. The molecule has 1 fully saturated rings. The van der Waals surface area contributed by atoms with Crippen molar-refractivity contribution in [2.45, 2.75) is 44.8 Å². The third-order valence-electron chi connectivity index (χ3n) is 4.01. The second-order valence-electron chi connectivity index (χ2n) is 5.60. The fourth-order valence-electron chi connectivity index (χ4n) is 2.55. The summed E-state index contributed by atoms with van der Waals surface area (Å²) in [6.07, 6.45) is 3.63. The first-order valence-electron chi connectivity index (χ1n) is 7.41. The molecule has 1 aromatic heterocycles. The predicted molar refractivity (Wildman–Crippen MR) is 87.2 cm³/mol. The molecule has 1 saturated carbocycles. The second-order valence-corrected chi connectivity index (χ2v) is 6.38. The van der Waals surface area contributed by atoms with Gasteiger partial charge in [-0.25, -0.2) is 0 Å². The van der Waals surface area contributed by atoms with Gasteiger partial charge in [0.2, 0.25) is 0 Å². The van der Waals surface area contributed by atoms with Crippen molar-refractivity contribution in [2.75, 3.05) is 4.90 Å². The average molecular weight is 286 g/mol. The molecule has 2 nitrogen and oxygen atoms in total. The molecule has 2 N–H and O–H groups in total. The molecule has 0 bridgehead atoms. The fourth-order valence-corrected chi connectivity index (χ4v) is 3.21. The lowest BCUT2D eigenvalue weighted by Gasteiger charge is -2.25. The van der Waals surface area contributed by atoms with Crippen LogP contribution in [0.1, 0.15) is 43.4 Å². The zero-order valence-corrected chi connectivity index (χ0v) is 12.8. The van der Waals surface area contributed by atoms with Crippen LogP contribution in [-0.4, -0.2) is 6.04 Å². The Bertz CT molecular complexity index is 529. The Labute approximate surface area is 125 Å². The minimum atomic E-state index is 0.162. The van der Waals surface area contributed by atoms with E-state index in [2.05, 4.69) is 52.9 Å². The Morgan fingerprint density at radius 2 is 2.00 bits per heavy atom. The summed E-state index contributed by atoms with van der Waals surface area (Å²) in [4.78, 5) is 2.53. The van der Waals surface area contributed by atoms with Crippen molar-refractivity contribution in [2.24, 2.45) is 5.73 Å². The molecule has 3 heteroatoms. The number of thiophene rings is 1.